The summed E-state index contributed by atoms with van der Waals surface area (Å²) >= 11 is 0. The third kappa shape index (κ3) is 4.79. The van der Waals surface area contributed by atoms with Crippen LogP contribution in [-0.2, 0) is 9.53 Å². The lowest BCUT2D eigenvalue weighted by molar-refractivity contribution is -0.166. The van der Waals surface area contributed by atoms with Crippen molar-refractivity contribution in [3.05, 3.63) is 25.3 Å². The monoisotopic (exact) mass is 212 g/mol. The van der Waals surface area contributed by atoms with E-state index < -0.39 is 11.6 Å². The second-order valence-corrected chi connectivity index (χ2v) is 3.41. The molecule has 0 saturated heterocycles. The van der Waals surface area contributed by atoms with Gasteiger partial charge in [-0.2, -0.15) is 0 Å². The van der Waals surface area contributed by atoms with E-state index in [1.54, 1.807) is 19.1 Å². The van der Waals surface area contributed by atoms with Gasteiger partial charge in [-0.25, -0.2) is 4.79 Å². The number of aliphatic hydroxyl groups is 1. The van der Waals surface area contributed by atoms with E-state index in [4.69, 9.17) is 4.74 Å². The van der Waals surface area contributed by atoms with Gasteiger partial charge < -0.3 is 9.84 Å². The van der Waals surface area contributed by atoms with E-state index >= 15 is 0 Å². The van der Waals surface area contributed by atoms with Gasteiger partial charge in [-0.1, -0.05) is 12.2 Å². The van der Waals surface area contributed by atoms with Crippen LogP contribution in [0.3, 0.4) is 0 Å². The Morgan fingerprint density at radius 3 is 2.13 bits per heavy atom. The number of ether oxygens (including phenoxy) is 1. The van der Waals surface area contributed by atoms with Crippen molar-refractivity contribution in [3.8, 4) is 0 Å². The number of rotatable bonds is 8. The Morgan fingerprint density at radius 1 is 1.33 bits per heavy atom. The number of carbonyl (C=O) groups is 1. The molecule has 86 valence electrons. The smallest absolute Gasteiger partial charge is 0.338 e. The second kappa shape index (κ2) is 7.23. The van der Waals surface area contributed by atoms with Crippen LogP contribution in [0.15, 0.2) is 25.3 Å². The number of hydrogen-bond acceptors (Lipinski definition) is 3. The molecule has 0 saturated carbocycles. The van der Waals surface area contributed by atoms with E-state index in [1.807, 2.05) is 0 Å². The highest BCUT2D eigenvalue weighted by Crippen LogP contribution is 2.22. The zero-order valence-electron chi connectivity index (χ0n) is 9.37. The Morgan fingerprint density at radius 2 is 1.80 bits per heavy atom. The Hall–Kier alpha value is -1.09. The summed E-state index contributed by atoms with van der Waals surface area (Å²) in [6.45, 7) is 9.13. The van der Waals surface area contributed by atoms with Crippen molar-refractivity contribution in [3.63, 3.8) is 0 Å². The van der Waals surface area contributed by atoms with Crippen LogP contribution in [0.4, 0.5) is 0 Å². The van der Waals surface area contributed by atoms with Crippen LogP contribution in [-0.4, -0.2) is 23.3 Å². The topological polar surface area (TPSA) is 46.5 Å². The van der Waals surface area contributed by atoms with Crippen LogP contribution in [0.2, 0.25) is 0 Å². The van der Waals surface area contributed by atoms with Crippen molar-refractivity contribution in [2.24, 2.45) is 0 Å². The van der Waals surface area contributed by atoms with E-state index in [1.165, 1.54) is 0 Å². The molecule has 0 amide bonds. The maximum atomic E-state index is 11.5. The van der Waals surface area contributed by atoms with Gasteiger partial charge in [0.05, 0.1) is 6.61 Å². The molecule has 0 aromatic rings. The maximum absolute atomic E-state index is 11.5. The summed E-state index contributed by atoms with van der Waals surface area (Å²) in [6.07, 6.45) is 5.24. The van der Waals surface area contributed by atoms with Gasteiger partial charge >= 0.3 is 5.97 Å². The van der Waals surface area contributed by atoms with Gasteiger partial charge in [-0.3, -0.25) is 0 Å². The number of allylic oxidation sites excluding steroid dienone is 2. The molecule has 0 aromatic heterocycles. The molecular weight excluding hydrogens is 192 g/mol. The van der Waals surface area contributed by atoms with Crippen LogP contribution in [0.1, 0.15) is 32.6 Å². The Kier molecular flexibility index (Phi) is 6.71. The lowest BCUT2D eigenvalue weighted by Gasteiger charge is -2.24. The molecule has 0 aliphatic heterocycles. The van der Waals surface area contributed by atoms with Crippen LogP contribution in [0.25, 0.3) is 0 Å². The maximum Gasteiger partial charge on any atom is 0.338 e. The fourth-order valence-corrected chi connectivity index (χ4v) is 1.28. The zero-order chi connectivity index (χ0) is 11.7. The van der Waals surface area contributed by atoms with Crippen molar-refractivity contribution < 1.29 is 14.6 Å². The molecule has 0 rings (SSSR count). The largest absolute Gasteiger partial charge is 0.464 e. The summed E-state index contributed by atoms with van der Waals surface area (Å²) in [5.41, 5.74) is -1.39. The molecule has 0 unspecified atom stereocenters. The summed E-state index contributed by atoms with van der Waals surface area (Å²) in [5, 5.41) is 10.1. The first-order valence-electron chi connectivity index (χ1n) is 5.22. The fourth-order valence-electron chi connectivity index (χ4n) is 1.28. The third-order valence-electron chi connectivity index (χ3n) is 2.18. The minimum atomic E-state index is -1.39. The Balaban J connectivity index is 4.43. The van der Waals surface area contributed by atoms with Gasteiger partial charge in [0.1, 0.15) is 0 Å². The van der Waals surface area contributed by atoms with E-state index in [0.29, 0.717) is 25.7 Å². The summed E-state index contributed by atoms with van der Waals surface area (Å²) in [7, 11) is 0. The molecule has 0 spiro atoms. The van der Waals surface area contributed by atoms with Crippen molar-refractivity contribution in [2.75, 3.05) is 6.61 Å². The summed E-state index contributed by atoms with van der Waals surface area (Å²) < 4.78 is 4.84. The number of esters is 1. The first kappa shape index (κ1) is 13.9. The van der Waals surface area contributed by atoms with Crippen molar-refractivity contribution in [1.29, 1.82) is 0 Å². The van der Waals surface area contributed by atoms with Crippen LogP contribution >= 0.6 is 0 Å². The van der Waals surface area contributed by atoms with E-state index in [-0.39, 0.29) is 6.61 Å². The van der Waals surface area contributed by atoms with Gasteiger partial charge in [-0.05, 0) is 32.6 Å². The van der Waals surface area contributed by atoms with Gasteiger partial charge in [0.2, 0.25) is 0 Å². The third-order valence-corrected chi connectivity index (χ3v) is 2.18. The summed E-state index contributed by atoms with van der Waals surface area (Å²) in [5.74, 6) is -0.547. The SMILES string of the molecule is C=CCCC(O)(CCC=C)C(=O)OCC. The Labute approximate surface area is 91.4 Å². The molecule has 3 heteroatoms. The van der Waals surface area contributed by atoms with Crippen molar-refractivity contribution in [2.45, 2.75) is 38.2 Å². The molecule has 3 nitrogen and oxygen atoms in total. The standard InChI is InChI=1S/C12H20O3/c1-4-7-9-12(14,10-8-5-2)11(13)15-6-3/h4-5,14H,1-2,6-10H2,3H3. The zero-order valence-corrected chi connectivity index (χ0v) is 9.37. The highest BCUT2D eigenvalue weighted by atomic mass is 16.5. The molecule has 15 heavy (non-hydrogen) atoms. The number of hydrogen-bond donors (Lipinski definition) is 1. The molecular formula is C12H20O3. The average molecular weight is 212 g/mol. The first-order valence-corrected chi connectivity index (χ1v) is 5.22. The van der Waals surface area contributed by atoms with E-state index in [2.05, 4.69) is 13.2 Å². The van der Waals surface area contributed by atoms with Gasteiger partial charge in [0, 0.05) is 0 Å². The lowest BCUT2D eigenvalue weighted by Crippen LogP contribution is -2.40. The van der Waals surface area contributed by atoms with Gasteiger partial charge in [0.25, 0.3) is 0 Å². The normalized spacial score (nSPS) is 10.8. The van der Waals surface area contributed by atoms with Gasteiger partial charge in [0.15, 0.2) is 5.60 Å². The minimum Gasteiger partial charge on any atom is -0.464 e. The van der Waals surface area contributed by atoms with E-state index in [0.717, 1.165) is 0 Å². The molecule has 0 aliphatic rings. The van der Waals surface area contributed by atoms with Crippen LogP contribution in [0.5, 0.6) is 0 Å². The Bertz CT molecular complexity index is 209. The molecule has 0 radical (unpaired) electrons. The predicted octanol–water partition coefficient (Wildman–Crippen LogP) is 2.21. The molecule has 0 aromatic carbocycles. The molecule has 0 heterocycles. The van der Waals surface area contributed by atoms with Gasteiger partial charge in [-0.15, -0.1) is 13.2 Å². The molecule has 0 fully saturated rings. The average Bonchev–Trinajstić information content (AvgIpc) is 2.24. The highest BCUT2D eigenvalue weighted by Gasteiger charge is 2.35. The molecule has 1 N–H and O–H groups in total. The fraction of sp³-hybridized carbons (Fsp3) is 0.583. The molecule has 0 bridgehead atoms. The van der Waals surface area contributed by atoms with Crippen molar-refractivity contribution in [1.82, 2.24) is 0 Å². The lowest BCUT2D eigenvalue weighted by atomic mass is 9.92. The molecule has 0 aliphatic carbocycles. The predicted molar refractivity (Wildman–Crippen MR) is 60.4 cm³/mol. The van der Waals surface area contributed by atoms with Crippen molar-refractivity contribution >= 4 is 5.97 Å². The highest BCUT2D eigenvalue weighted by molar-refractivity contribution is 5.79. The summed E-state index contributed by atoms with van der Waals surface area (Å²) in [4.78, 5) is 11.5. The minimum absolute atomic E-state index is 0.281. The second-order valence-electron chi connectivity index (χ2n) is 3.41. The van der Waals surface area contributed by atoms with E-state index in [9.17, 15) is 9.90 Å². The quantitative estimate of drug-likeness (QED) is 0.495. The number of carbonyl (C=O) groups excluding carboxylic acids is 1. The summed E-state index contributed by atoms with van der Waals surface area (Å²) in [6, 6.07) is 0. The first-order chi connectivity index (χ1) is 7.10. The molecule has 0 atom stereocenters. The van der Waals surface area contributed by atoms with Crippen LogP contribution in [0, 0.1) is 0 Å². The van der Waals surface area contributed by atoms with Crippen LogP contribution < -0.4 is 0 Å².